The molecule has 0 aliphatic carbocycles. The van der Waals surface area contributed by atoms with Crippen molar-refractivity contribution in [3.63, 3.8) is 0 Å². The van der Waals surface area contributed by atoms with Gasteiger partial charge in [-0.25, -0.2) is 9.98 Å². The fourth-order valence-electron chi connectivity index (χ4n) is 3.24. The SMILES string of the molecule is Cc1cc(N=CN2CCN(C)CC2)n2c(nc3ccccc32)c1C#N. The zero-order chi connectivity index (χ0) is 17.4. The zero-order valence-electron chi connectivity index (χ0n) is 14.5. The molecule has 0 N–H and O–H groups in total. The second-order valence-corrected chi connectivity index (χ2v) is 6.52. The number of rotatable bonds is 2. The van der Waals surface area contributed by atoms with E-state index in [9.17, 15) is 5.26 Å². The van der Waals surface area contributed by atoms with Crippen LogP contribution in [0.4, 0.5) is 5.82 Å². The van der Waals surface area contributed by atoms with E-state index in [4.69, 9.17) is 4.99 Å². The van der Waals surface area contributed by atoms with Crippen molar-refractivity contribution in [3.05, 3.63) is 41.5 Å². The van der Waals surface area contributed by atoms with Crippen LogP contribution in [0.2, 0.25) is 0 Å². The zero-order valence-corrected chi connectivity index (χ0v) is 14.5. The molecule has 1 aromatic carbocycles. The summed E-state index contributed by atoms with van der Waals surface area (Å²) >= 11 is 0. The molecule has 0 spiro atoms. The summed E-state index contributed by atoms with van der Waals surface area (Å²) in [7, 11) is 2.14. The number of fused-ring (bicyclic) bond motifs is 3. The molecular weight excluding hydrogens is 312 g/mol. The fraction of sp³-hybridized carbons (Fsp3) is 0.316. The van der Waals surface area contributed by atoms with Crippen LogP contribution in [0.1, 0.15) is 11.1 Å². The first kappa shape index (κ1) is 15.6. The Morgan fingerprint density at radius 3 is 2.72 bits per heavy atom. The summed E-state index contributed by atoms with van der Waals surface area (Å²) in [4.78, 5) is 13.9. The molecule has 0 radical (unpaired) electrons. The first-order valence-corrected chi connectivity index (χ1v) is 8.45. The standard InChI is InChI=1S/C19H20N6/c1-14-11-18(21-13-24-9-7-23(2)8-10-24)25-17-6-4-3-5-16(17)22-19(25)15(14)12-20/h3-6,11,13H,7-10H2,1-2H3. The minimum atomic E-state index is 0.606. The second kappa shape index (κ2) is 6.19. The Balaban J connectivity index is 1.84. The summed E-state index contributed by atoms with van der Waals surface area (Å²) in [5.74, 6) is 0.805. The molecule has 1 fully saturated rings. The van der Waals surface area contributed by atoms with Gasteiger partial charge in [-0.3, -0.25) is 4.40 Å². The van der Waals surface area contributed by atoms with Crippen LogP contribution in [-0.4, -0.2) is 58.7 Å². The van der Waals surface area contributed by atoms with E-state index in [-0.39, 0.29) is 0 Å². The first-order chi connectivity index (χ1) is 12.2. The van der Waals surface area contributed by atoms with Crippen LogP contribution in [0, 0.1) is 18.3 Å². The molecule has 25 heavy (non-hydrogen) atoms. The van der Waals surface area contributed by atoms with Gasteiger partial charge in [-0.1, -0.05) is 12.1 Å². The van der Waals surface area contributed by atoms with Gasteiger partial charge in [-0.15, -0.1) is 0 Å². The maximum Gasteiger partial charge on any atom is 0.157 e. The molecule has 0 amide bonds. The van der Waals surface area contributed by atoms with E-state index in [1.807, 2.05) is 48.0 Å². The number of aromatic nitrogens is 2. The summed E-state index contributed by atoms with van der Waals surface area (Å²) in [6.07, 6.45) is 1.92. The molecule has 3 aromatic rings. The van der Waals surface area contributed by atoms with Crippen molar-refractivity contribution < 1.29 is 0 Å². The van der Waals surface area contributed by atoms with Crippen LogP contribution in [-0.2, 0) is 0 Å². The average molecular weight is 332 g/mol. The monoisotopic (exact) mass is 332 g/mol. The fourth-order valence-corrected chi connectivity index (χ4v) is 3.24. The number of nitriles is 1. The summed E-state index contributed by atoms with van der Waals surface area (Å²) in [5, 5.41) is 9.54. The van der Waals surface area contributed by atoms with Crippen molar-refractivity contribution in [2.45, 2.75) is 6.92 Å². The van der Waals surface area contributed by atoms with Gasteiger partial charge < -0.3 is 9.80 Å². The molecule has 1 saturated heterocycles. The number of para-hydroxylation sites is 2. The third kappa shape index (κ3) is 2.73. The molecule has 126 valence electrons. The molecule has 0 saturated carbocycles. The van der Waals surface area contributed by atoms with E-state index >= 15 is 0 Å². The number of hydrogen-bond donors (Lipinski definition) is 0. The topological polar surface area (TPSA) is 59.9 Å². The Bertz CT molecular complexity index is 1000. The van der Waals surface area contributed by atoms with Gasteiger partial charge in [0.1, 0.15) is 11.9 Å². The van der Waals surface area contributed by atoms with Crippen LogP contribution >= 0.6 is 0 Å². The first-order valence-electron chi connectivity index (χ1n) is 8.45. The molecule has 6 heteroatoms. The summed E-state index contributed by atoms with van der Waals surface area (Å²) in [6, 6.07) is 12.2. The van der Waals surface area contributed by atoms with E-state index in [0.29, 0.717) is 11.2 Å². The second-order valence-electron chi connectivity index (χ2n) is 6.52. The largest absolute Gasteiger partial charge is 0.360 e. The maximum absolute atomic E-state index is 9.54. The highest BCUT2D eigenvalue weighted by Gasteiger charge is 2.15. The third-order valence-electron chi connectivity index (χ3n) is 4.76. The Kier molecular flexibility index (Phi) is 3.86. The third-order valence-corrected chi connectivity index (χ3v) is 4.76. The molecule has 0 unspecified atom stereocenters. The lowest BCUT2D eigenvalue weighted by Crippen LogP contribution is -2.43. The molecular formula is C19H20N6. The maximum atomic E-state index is 9.54. The number of likely N-dealkylation sites (N-methyl/N-ethyl adjacent to an activating group) is 1. The summed E-state index contributed by atoms with van der Waals surface area (Å²) < 4.78 is 1.98. The Labute approximate surface area is 146 Å². The number of aryl methyl sites for hydroxylation is 1. The molecule has 1 aliphatic rings. The predicted octanol–water partition coefficient (Wildman–Crippen LogP) is 2.57. The van der Waals surface area contributed by atoms with E-state index in [1.165, 1.54) is 0 Å². The van der Waals surface area contributed by atoms with E-state index < -0.39 is 0 Å². The lowest BCUT2D eigenvalue weighted by atomic mass is 10.1. The quantitative estimate of drug-likeness (QED) is 0.534. The van der Waals surface area contributed by atoms with Crippen molar-refractivity contribution in [1.29, 1.82) is 5.26 Å². The van der Waals surface area contributed by atoms with Crippen molar-refractivity contribution >= 4 is 28.8 Å². The molecule has 1 aliphatic heterocycles. The Morgan fingerprint density at radius 1 is 1.20 bits per heavy atom. The Hall–Kier alpha value is -2.91. The van der Waals surface area contributed by atoms with Crippen LogP contribution < -0.4 is 0 Å². The molecule has 3 heterocycles. The number of pyridine rings is 1. The lowest BCUT2D eigenvalue weighted by molar-refractivity contribution is 0.219. The van der Waals surface area contributed by atoms with Crippen LogP contribution in [0.5, 0.6) is 0 Å². The number of hydrogen-bond acceptors (Lipinski definition) is 4. The number of benzene rings is 1. The minimum absolute atomic E-state index is 0.606. The average Bonchev–Trinajstić information content (AvgIpc) is 3.00. The highest BCUT2D eigenvalue weighted by atomic mass is 15.3. The number of nitrogens with zero attached hydrogens (tertiary/aromatic N) is 6. The van der Waals surface area contributed by atoms with Crippen molar-refractivity contribution in [2.24, 2.45) is 4.99 Å². The smallest absolute Gasteiger partial charge is 0.157 e. The van der Waals surface area contributed by atoms with Gasteiger partial charge in [-0.2, -0.15) is 5.26 Å². The minimum Gasteiger partial charge on any atom is -0.360 e. The van der Waals surface area contributed by atoms with E-state index in [2.05, 4.69) is 27.9 Å². The highest BCUT2D eigenvalue weighted by molar-refractivity contribution is 5.85. The predicted molar refractivity (Wildman–Crippen MR) is 99.4 cm³/mol. The van der Waals surface area contributed by atoms with Crippen LogP contribution in [0.15, 0.2) is 35.3 Å². The van der Waals surface area contributed by atoms with Gasteiger partial charge in [0, 0.05) is 26.2 Å². The highest BCUT2D eigenvalue weighted by Crippen LogP contribution is 2.27. The van der Waals surface area contributed by atoms with E-state index in [0.717, 1.165) is 48.6 Å². The molecule has 4 rings (SSSR count). The van der Waals surface area contributed by atoms with Gasteiger partial charge in [0.15, 0.2) is 5.65 Å². The van der Waals surface area contributed by atoms with Gasteiger partial charge in [0.2, 0.25) is 0 Å². The van der Waals surface area contributed by atoms with Gasteiger partial charge in [-0.05, 0) is 37.7 Å². The van der Waals surface area contributed by atoms with Crippen molar-refractivity contribution in [1.82, 2.24) is 19.2 Å². The van der Waals surface area contributed by atoms with Crippen molar-refractivity contribution in [3.8, 4) is 6.07 Å². The van der Waals surface area contributed by atoms with Gasteiger partial charge >= 0.3 is 0 Å². The van der Waals surface area contributed by atoms with Crippen LogP contribution in [0.3, 0.4) is 0 Å². The number of piperazine rings is 1. The molecule has 2 aromatic heterocycles. The Morgan fingerprint density at radius 2 is 1.96 bits per heavy atom. The number of aliphatic imine (C=N–C) groups is 1. The van der Waals surface area contributed by atoms with E-state index in [1.54, 1.807) is 0 Å². The summed E-state index contributed by atoms with van der Waals surface area (Å²) in [6.45, 7) is 5.97. The molecule has 6 nitrogen and oxygen atoms in total. The van der Waals surface area contributed by atoms with Gasteiger partial charge in [0.05, 0.1) is 22.9 Å². The van der Waals surface area contributed by atoms with Crippen LogP contribution in [0.25, 0.3) is 16.7 Å². The van der Waals surface area contributed by atoms with Gasteiger partial charge in [0.25, 0.3) is 0 Å². The lowest BCUT2D eigenvalue weighted by Gasteiger charge is -2.30. The summed E-state index contributed by atoms with van der Waals surface area (Å²) in [5.41, 5.74) is 4.03. The molecule has 0 atom stereocenters. The molecule has 0 bridgehead atoms. The normalized spacial score (nSPS) is 16.1. The number of imidazole rings is 1. The van der Waals surface area contributed by atoms with Crippen molar-refractivity contribution in [2.75, 3.05) is 33.2 Å².